The van der Waals surface area contributed by atoms with E-state index >= 15 is 0 Å². The van der Waals surface area contributed by atoms with Crippen LogP contribution >= 0.6 is 11.3 Å². The summed E-state index contributed by atoms with van der Waals surface area (Å²) in [6.45, 7) is 0.652. The minimum Gasteiger partial charge on any atom is -0.393 e. The van der Waals surface area contributed by atoms with Gasteiger partial charge in [-0.2, -0.15) is 0 Å². The fourth-order valence-corrected chi connectivity index (χ4v) is 3.53. The monoisotopic (exact) mass is 290 g/mol. The summed E-state index contributed by atoms with van der Waals surface area (Å²) in [5.74, 6) is 0.383. The number of aromatic nitrogens is 1. The molecule has 0 radical (unpaired) electrons. The van der Waals surface area contributed by atoms with Crippen LogP contribution in [0.4, 0.5) is 0 Å². The van der Waals surface area contributed by atoms with Crippen molar-refractivity contribution in [2.24, 2.45) is 5.92 Å². The number of hydrogen-bond acceptors (Lipinski definition) is 3. The zero-order chi connectivity index (χ0) is 13.9. The van der Waals surface area contributed by atoms with E-state index in [1.165, 1.54) is 11.3 Å². The molecule has 0 bridgehead atoms. The molecule has 2 aromatic heterocycles. The van der Waals surface area contributed by atoms with Crippen LogP contribution in [0.5, 0.6) is 0 Å². The topological polar surface area (TPSA) is 54.3 Å². The Labute approximate surface area is 122 Å². The van der Waals surface area contributed by atoms with Crippen LogP contribution in [-0.4, -0.2) is 28.2 Å². The third-order valence-corrected chi connectivity index (χ3v) is 4.70. The van der Waals surface area contributed by atoms with Crippen LogP contribution in [0.1, 0.15) is 28.9 Å². The molecule has 1 fully saturated rings. The molecule has 1 amide bonds. The Morgan fingerprint density at radius 3 is 2.90 bits per heavy atom. The van der Waals surface area contributed by atoms with Crippen molar-refractivity contribution in [2.75, 3.05) is 6.54 Å². The zero-order valence-corrected chi connectivity index (χ0v) is 12.0. The van der Waals surface area contributed by atoms with Gasteiger partial charge >= 0.3 is 0 Å². The lowest BCUT2D eigenvalue weighted by atomic mass is 10.1. The van der Waals surface area contributed by atoms with E-state index in [1.54, 1.807) is 0 Å². The Hall–Kier alpha value is -1.59. The number of aliphatic hydroxyl groups excluding tert-OH is 1. The number of nitrogens with one attached hydrogen (secondary N) is 1. The highest BCUT2D eigenvalue weighted by Crippen LogP contribution is 2.25. The lowest BCUT2D eigenvalue weighted by Gasteiger charge is -2.11. The summed E-state index contributed by atoms with van der Waals surface area (Å²) in [6.07, 6.45) is 6.34. The molecule has 106 valence electrons. The minimum absolute atomic E-state index is 0.0231. The normalized spacial score (nSPS) is 22.1. The number of hydrogen-bond donors (Lipinski definition) is 2. The summed E-state index contributed by atoms with van der Waals surface area (Å²) < 4.78 is 1.95. The van der Waals surface area contributed by atoms with E-state index in [1.807, 2.05) is 40.5 Å². The third kappa shape index (κ3) is 2.78. The van der Waals surface area contributed by atoms with Gasteiger partial charge in [-0.3, -0.25) is 4.79 Å². The highest BCUT2D eigenvalue weighted by atomic mass is 32.1. The summed E-state index contributed by atoms with van der Waals surface area (Å²) in [4.78, 5) is 13.0. The van der Waals surface area contributed by atoms with Gasteiger partial charge in [0.1, 0.15) is 4.88 Å². The first-order valence-corrected chi connectivity index (χ1v) is 7.79. The standard InChI is InChI=1S/C15H18N2O2S/c18-12-4-3-11(9-12)10-16-15(19)14-13(5-8-20-14)17-6-1-2-7-17/h1-2,5-8,11-12,18H,3-4,9-10H2,(H,16,19). The number of rotatable bonds is 4. The van der Waals surface area contributed by atoms with Crippen LogP contribution in [0.15, 0.2) is 36.0 Å². The molecule has 5 heteroatoms. The van der Waals surface area contributed by atoms with Crippen LogP contribution in [0, 0.1) is 5.92 Å². The van der Waals surface area contributed by atoms with Gasteiger partial charge in [0.2, 0.25) is 0 Å². The maximum Gasteiger partial charge on any atom is 0.263 e. The summed E-state index contributed by atoms with van der Waals surface area (Å²) >= 11 is 1.46. The molecule has 2 atom stereocenters. The molecule has 1 aliphatic rings. The van der Waals surface area contributed by atoms with Crippen molar-refractivity contribution in [1.82, 2.24) is 9.88 Å². The summed E-state index contributed by atoms with van der Waals surface area (Å²) in [7, 11) is 0. The molecule has 3 rings (SSSR count). The van der Waals surface area contributed by atoms with Crippen molar-refractivity contribution in [1.29, 1.82) is 0 Å². The Morgan fingerprint density at radius 2 is 2.20 bits per heavy atom. The van der Waals surface area contributed by atoms with E-state index in [2.05, 4.69) is 5.32 Å². The molecular weight excluding hydrogens is 272 g/mol. The average molecular weight is 290 g/mol. The number of aliphatic hydroxyl groups is 1. The molecule has 2 unspecified atom stereocenters. The molecule has 20 heavy (non-hydrogen) atoms. The molecule has 0 aliphatic heterocycles. The van der Waals surface area contributed by atoms with Gasteiger partial charge in [-0.25, -0.2) is 0 Å². The number of carbonyl (C=O) groups excluding carboxylic acids is 1. The van der Waals surface area contributed by atoms with Crippen LogP contribution in [0.3, 0.4) is 0 Å². The lowest BCUT2D eigenvalue weighted by Crippen LogP contribution is -2.28. The summed E-state index contributed by atoms with van der Waals surface area (Å²) in [5.41, 5.74) is 0.920. The van der Waals surface area contributed by atoms with E-state index in [0.29, 0.717) is 12.5 Å². The first-order valence-electron chi connectivity index (χ1n) is 6.91. The fourth-order valence-electron chi connectivity index (χ4n) is 2.72. The second-order valence-electron chi connectivity index (χ2n) is 5.27. The van der Waals surface area contributed by atoms with Crippen molar-refractivity contribution in [2.45, 2.75) is 25.4 Å². The zero-order valence-electron chi connectivity index (χ0n) is 11.2. The Balaban J connectivity index is 1.65. The molecule has 0 spiro atoms. The smallest absolute Gasteiger partial charge is 0.263 e. The quantitative estimate of drug-likeness (QED) is 0.908. The third-order valence-electron chi connectivity index (χ3n) is 3.80. The molecule has 0 saturated heterocycles. The van der Waals surface area contributed by atoms with Gasteiger partial charge in [-0.05, 0) is 48.8 Å². The molecule has 2 aromatic rings. The summed E-state index contributed by atoms with van der Waals surface area (Å²) in [6, 6.07) is 5.84. The largest absolute Gasteiger partial charge is 0.393 e. The molecule has 2 N–H and O–H groups in total. The number of amides is 1. The maximum atomic E-state index is 12.3. The van der Waals surface area contributed by atoms with Gasteiger partial charge in [0.25, 0.3) is 5.91 Å². The lowest BCUT2D eigenvalue weighted by molar-refractivity contribution is 0.0949. The van der Waals surface area contributed by atoms with E-state index in [4.69, 9.17) is 0 Å². The number of carbonyl (C=O) groups is 1. The Kier molecular flexibility index (Phi) is 3.89. The molecular formula is C15H18N2O2S. The maximum absolute atomic E-state index is 12.3. The highest BCUT2D eigenvalue weighted by molar-refractivity contribution is 7.12. The van der Waals surface area contributed by atoms with Gasteiger partial charge < -0.3 is 15.0 Å². The Morgan fingerprint density at radius 1 is 1.40 bits per heavy atom. The van der Waals surface area contributed by atoms with E-state index in [9.17, 15) is 9.90 Å². The second-order valence-corrected chi connectivity index (χ2v) is 6.18. The van der Waals surface area contributed by atoms with Gasteiger partial charge in [0.15, 0.2) is 0 Å². The first kappa shape index (κ1) is 13.4. The van der Waals surface area contributed by atoms with Crippen molar-refractivity contribution in [3.8, 4) is 5.69 Å². The predicted molar refractivity (Wildman–Crippen MR) is 79.3 cm³/mol. The molecule has 0 aromatic carbocycles. The van der Waals surface area contributed by atoms with Gasteiger partial charge in [0, 0.05) is 18.9 Å². The highest BCUT2D eigenvalue weighted by Gasteiger charge is 2.23. The van der Waals surface area contributed by atoms with Gasteiger partial charge in [-0.1, -0.05) is 0 Å². The van der Waals surface area contributed by atoms with Crippen LogP contribution < -0.4 is 5.32 Å². The summed E-state index contributed by atoms with van der Waals surface area (Å²) in [5, 5.41) is 14.4. The van der Waals surface area contributed by atoms with Crippen molar-refractivity contribution in [3.63, 3.8) is 0 Å². The van der Waals surface area contributed by atoms with Gasteiger partial charge in [0.05, 0.1) is 11.8 Å². The first-order chi connectivity index (χ1) is 9.74. The van der Waals surface area contributed by atoms with Crippen molar-refractivity contribution >= 4 is 17.2 Å². The number of thiophene rings is 1. The minimum atomic E-state index is -0.186. The predicted octanol–water partition coefficient (Wildman–Crippen LogP) is 2.43. The molecule has 4 nitrogen and oxygen atoms in total. The van der Waals surface area contributed by atoms with Crippen molar-refractivity contribution in [3.05, 3.63) is 40.8 Å². The Bertz CT molecular complexity index is 576. The SMILES string of the molecule is O=C(NCC1CCC(O)C1)c1sccc1-n1cccc1. The number of nitrogens with zero attached hydrogens (tertiary/aromatic N) is 1. The molecule has 1 aliphatic carbocycles. The van der Waals surface area contributed by atoms with Crippen LogP contribution in [0.2, 0.25) is 0 Å². The fraction of sp³-hybridized carbons (Fsp3) is 0.400. The average Bonchev–Trinajstić information content (AvgIpc) is 3.16. The molecule has 1 saturated carbocycles. The van der Waals surface area contributed by atoms with Crippen LogP contribution in [-0.2, 0) is 0 Å². The van der Waals surface area contributed by atoms with Crippen molar-refractivity contribution < 1.29 is 9.90 Å². The van der Waals surface area contributed by atoms with E-state index in [-0.39, 0.29) is 12.0 Å². The van der Waals surface area contributed by atoms with E-state index < -0.39 is 0 Å². The van der Waals surface area contributed by atoms with Gasteiger partial charge in [-0.15, -0.1) is 11.3 Å². The van der Waals surface area contributed by atoms with Crippen LogP contribution in [0.25, 0.3) is 5.69 Å². The second kappa shape index (κ2) is 5.81. The molecule has 2 heterocycles. The van der Waals surface area contributed by atoms with E-state index in [0.717, 1.165) is 29.8 Å².